The summed E-state index contributed by atoms with van der Waals surface area (Å²) in [5.74, 6) is -2.16. The highest BCUT2D eigenvalue weighted by Crippen LogP contribution is 2.23. The van der Waals surface area contributed by atoms with Crippen molar-refractivity contribution < 1.29 is 18.9 Å². The zero-order valence-electron chi connectivity index (χ0n) is 15.5. The normalized spacial score (nSPS) is 11.8. The first kappa shape index (κ1) is 21.3. The van der Waals surface area contributed by atoms with E-state index in [-0.39, 0.29) is 27.9 Å². The lowest BCUT2D eigenvalue weighted by atomic mass is 10.0. The van der Waals surface area contributed by atoms with Crippen LogP contribution >= 0.6 is 11.6 Å². The molecule has 7 nitrogen and oxygen atoms in total. The van der Waals surface area contributed by atoms with E-state index in [0.717, 1.165) is 17.7 Å². The number of nitrogens with one attached hydrogen (secondary N) is 2. The first-order valence-electron chi connectivity index (χ1n) is 8.42. The third-order valence-electron chi connectivity index (χ3n) is 4.02. The summed E-state index contributed by atoms with van der Waals surface area (Å²) >= 11 is 5.96. The number of nitrogens with zero attached hydrogens (tertiary/aromatic N) is 1. The third-order valence-corrected chi connectivity index (χ3v) is 4.34. The standard InChI is InChI=1S/C19H19ClFN3O4/c1-10(2)17(19(26)22-16-8-11(3)4-7-15(16)21)23-18(25)13-6-5-12(24(27)28)9-14(13)20/h4-10,17H,1-3H3,(H,22,26)(H,23,25). The van der Waals surface area contributed by atoms with E-state index >= 15 is 0 Å². The van der Waals surface area contributed by atoms with E-state index < -0.39 is 28.6 Å². The van der Waals surface area contributed by atoms with Crippen LogP contribution in [0, 0.1) is 28.8 Å². The largest absolute Gasteiger partial charge is 0.340 e. The second-order valence-electron chi connectivity index (χ2n) is 6.59. The molecule has 2 rings (SSSR count). The highest BCUT2D eigenvalue weighted by atomic mass is 35.5. The number of hydrogen-bond acceptors (Lipinski definition) is 4. The average Bonchev–Trinajstić information content (AvgIpc) is 2.61. The number of non-ortho nitro benzene ring substituents is 1. The molecule has 9 heteroatoms. The quantitative estimate of drug-likeness (QED) is 0.556. The molecule has 0 aliphatic heterocycles. The summed E-state index contributed by atoms with van der Waals surface area (Å²) in [6, 6.07) is 6.74. The number of amides is 2. The van der Waals surface area contributed by atoms with Gasteiger partial charge in [0.25, 0.3) is 11.6 Å². The number of carbonyl (C=O) groups is 2. The first-order valence-corrected chi connectivity index (χ1v) is 8.79. The van der Waals surface area contributed by atoms with Crippen LogP contribution in [0.2, 0.25) is 5.02 Å². The fourth-order valence-electron chi connectivity index (χ4n) is 2.50. The van der Waals surface area contributed by atoms with Crippen molar-refractivity contribution in [2.45, 2.75) is 26.8 Å². The van der Waals surface area contributed by atoms with Gasteiger partial charge in [0, 0.05) is 12.1 Å². The van der Waals surface area contributed by atoms with E-state index in [0.29, 0.717) is 0 Å². The van der Waals surface area contributed by atoms with E-state index in [9.17, 15) is 24.1 Å². The number of aryl methyl sites for hydroxylation is 1. The summed E-state index contributed by atoms with van der Waals surface area (Å²) in [7, 11) is 0. The molecule has 1 unspecified atom stereocenters. The zero-order chi connectivity index (χ0) is 21.0. The smallest absolute Gasteiger partial charge is 0.270 e. The summed E-state index contributed by atoms with van der Waals surface area (Å²) in [6.45, 7) is 5.19. The molecular weight excluding hydrogens is 389 g/mol. The number of nitro benzene ring substituents is 1. The Bertz CT molecular complexity index is 933. The lowest BCUT2D eigenvalue weighted by molar-refractivity contribution is -0.384. The van der Waals surface area contributed by atoms with Crippen molar-refractivity contribution in [3.63, 3.8) is 0 Å². The van der Waals surface area contributed by atoms with E-state index in [2.05, 4.69) is 10.6 Å². The Kier molecular flexibility index (Phi) is 6.69. The minimum Gasteiger partial charge on any atom is -0.340 e. The molecule has 1 atom stereocenters. The molecule has 0 bridgehead atoms. The molecular formula is C19H19ClFN3O4. The lowest BCUT2D eigenvalue weighted by Gasteiger charge is -2.22. The van der Waals surface area contributed by atoms with Crippen LogP contribution in [0.4, 0.5) is 15.8 Å². The SMILES string of the molecule is Cc1ccc(F)c(NC(=O)C(NC(=O)c2ccc([N+](=O)[O-])cc2Cl)C(C)C)c1. The summed E-state index contributed by atoms with van der Waals surface area (Å²) in [6.07, 6.45) is 0. The molecule has 2 N–H and O–H groups in total. The van der Waals surface area contributed by atoms with Gasteiger partial charge in [0.1, 0.15) is 11.9 Å². The van der Waals surface area contributed by atoms with Crippen molar-refractivity contribution in [1.29, 1.82) is 0 Å². The van der Waals surface area contributed by atoms with Crippen molar-refractivity contribution in [2.75, 3.05) is 5.32 Å². The van der Waals surface area contributed by atoms with Crippen LogP contribution in [0.1, 0.15) is 29.8 Å². The minimum atomic E-state index is -0.973. The fourth-order valence-corrected chi connectivity index (χ4v) is 2.76. The molecule has 0 aliphatic rings. The Labute approximate surface area is 166 Å². The fraction of sp³-hybridized carbons (Fsp3) is 0.263. The van der Waals surface area contributed by atoms with Gasteiger partial charge in [-0.3, -0.25) is 19.7 Å². The third kappa shape index (κ3) is 5.04. The van der Waals surface area contributed by atoms with Crippen LogP contribution in [0.5, 0.6) is 0 Å². The van der Waals surface area contributed by atoms with Gasteiger partial charge >= 0.3 is 0 Å². The summed E-state index contributed by atoms with van der Waals surface area (Å²) in [5.41, 5.74) is 0.514. The maximum Gasteiger partial charge on any atom is 0.270 e. The van der Waals surface area contributed by atoms with Gasteiger partial charge in [-0.2, -0.15) is 0 Å². The molecule has 0 heterocycles. The maximum atomic E-state index is 13.9. The average molecular weight is 408 g/mol. The molecule has 0 fully saturated rings. The summed E-state index contributed by atoms with van der Waals surface area (Å²) in [4.78, 5) is 35.3. The highest BCUT2D eigenvalue weighted by Gasteiger charge is 2.26. The molecule has 2 aromatic carbocycles. The Morgan fingerprint density at radius 3 is 2.43 bits per heavy atom. The van der Waals surface area contributed by atoms with Crippen LogP contribution in [0.15, 0.2) is 36.4 Å². The monoisotopic (exact) mass is 407 g/mol. The van der Waals surface area contributed by atoms with Crippen molar-refractivity contribution in [1.82, 2.24) is 5.32 Å². The van der Waals surface area contributed by atoms with E-state index in [1.807, 2.05) is 0 Å². The molecule has 2 aromatic rings. The first-order chi connectivity index (χ1) is 13.1. The number of nitro groups is 1. The number of rotatable bonds is 6. The Balaban J connectivity index is 2.20. The molecule has 0 aromatic heterocycles. The summed E-state index contributed by atoms with van der Waals surface area (Å²) in [5, 5.41) is 15.7. The lowest BCUT2D eigenvalue weighted by Crippen LogP contribution is -2.47. The van der Waals surface area contributed by atoms with Gasteiger partial charge in [-0.05, 0) is 36.6 Å². The zero-order valence-corrected chi connectivity index (χ0v) is 16.2. The molecule has 148 valence electrons. The molecule has 0 radical (unpaired) electrons. The molecule has 2 amide bonds. The van der Waals surface area contributed by atoms with Gasteiger partial charge in [0.2, 0.25) is 5.91 Å². The molecule has 28 heavy (non-hydrogen) atoms. The Morgan fingerprint density at radius 2 is 1.86 bits per heavy atom. The van der Waals surface area contributed by atoms with Crippen LogP contribution in [-0.2, 0) is 4.79 Å². The Hall–Kier alpha value is -3.00. The number of halogens is 2. The van der Waals surface area contributed by atoms with Crippen LogP contribution in [0.25, 0.3) is 0 Å². The number of hydrogen-bond donors (Lipinski definition) is 2. The van der Waals surface area contributed by atoms with Crippen molar-refractivity contribution in [2.24, 2.45) is 5.92 Å². The highest BCUT2D eigenvalue weighted by molar-refractivity contribution is 6.34. The maximum absolute atomic E-state index is 13.9. The molecule has 0 saturated heterocycles. The van der Waals surface area contributed by atoms with Gasteiger partial charge in [-0.1, -0.05) is 31.5 Å². The van der Waals surface area contributed by atoms with Gasteiger partial charge in [0.15, 0.2) is 0 Å². The number of anilines is 1. The predicted molar refractivity (Wildman–Crippen MR) is 104 cm³/mol. The predicted octanol–water partition coefficient (Wildman–Crippen LogP) is 4.09. The van der Waals surface area contributed by atoms with E-state index in [4.69, 9.17) is 11.6 Å². The number of benzene rings is 2. The summed E-state index contributed by atoms with van der Waals surface area (Å²) < 4.78 is 13.9. The molecule has 0 saturated carbocycles. The van der Waals surface area contributed by atoms with Crippen LogP contribution in [-0.4, -0.2) is 22.8 Å². The van der Waals surface area contributed by atoms with Crippen molar-refractivity contribution in [3.05, 3.63) is 68.5 Å². The molecule has 0 aliphatic carbocycles. The van der Waals surface area contributed by atoms with E-state index in [1.165, 1.54) is 18.2 Å². The second-order valence-corrected chi connectivity index (χ2v) is 7.00. The topological polar surface area (TPSA) is 101 Å². The van der Waals surface area contributed by atoms with Gasteiger partial charge in [-0.15, -0.1) is 0 Å². The van der Waals surface area contributed by atoms with Crippen LogP contribution in [0.3, 0.4) is 0 Å². The van der Waals surface area contributed by atoms with Crippen molar-refractivity contribution >= 4 is 34.8 Å². The van der Waals surface area contributed by atoms with Gasteiger partial charge in [-0.25, -0.2) is 4.39 Å². The molecule has 0 spiro atoms. The second kappa shape index (κ2) is 8.79. The van der Waals surface area contributed by atoms with Gasteiger partial charge in [0.05, 0.1) is 21.2 Å². The van der Waals surface area contributed by atoms with Crippen LogP contribution < -0.4 is 10.6 Å². The minimum absolute atomic E-state index is 0.00699. The number of carbonyl (C=O) groups excluding carboxylic acids is 2. The Morgan fingerprint density at radius 1 is 1.18 bits per heavy atom. The van der Waals surface area contributed by atoms with Gasteiger partial charge < -0.3 is 10.6 Å². The van der Waals surface area contributed by atoms with Crippen molar-refractivity contribution in [3.8, 4) is 0 Å². The van der Waals surface area contributed by atoms with E-state index in [1.54, 1.807) is 26.8 Å².